The number of nitrogens with zero attached hydrogens (tertiary/aromatic N) is 1. The summed E-state index contributed by atoms with van der Waals surface area (Å²) >= 11 is 0. The van der Waals surface area contributed by atoms with Crippen LogP contribution < -0.4 is 29.1 Å². The van der Waals surface area contributed by atoms with Gasteiger partial charge in [0.05, 0.1) is 40.8 Å². The first kappa shape index (κ1) is 21.9. The van der Waals surface area contributed by atoms with E-state index in [9.17, 15) is 4.79 Å². The molecule has 2 aromatic carbocycles. The lowest BCUT2D eigenvalue weighted by molar-refractivity contribution is 0.0954. The molecule has 0 bridgehead atoms. The van der Waals surface area contributed by atoms with E-state index in [0.29, 0.717) is 39.9 Å². The van der Waals surface area contributed by atoms with E-state index in [2.05, 4.69) is 10.5 Å². The molecule has 156 valence electrons. The minimum Gasteiger partial charge on any atom is -0.493 e. The Morgan fingerprint density at radius 2 is 1.55 bits per heavy atom. The van der Waals surface area contributed by atoms with Gasteiger partial charge >= 0.3 is 0 Å². The Bertz CT molecular complexity index is 880. The fourth-order valence-electron chi connectivity index (χ4n) is 2.61. The number of ether oxygens (including phenoxy) is 5. The van der Waals surface area contributed by atoms with Crippen LogP contribution >= 0.6 is 0 Å². The highest BCUT2D eigenvalue weighted by atomic mass is 16.5. The van der Waals surface area contributed by atoms with Crippen molar-refractivity contribution in [3.8, 4) is 28.7 Å². The Morgan fingerprint density at radius 3 is 2.14 bits per heavy atom. The van der Waals surface area contributed by atoms with Crippen LogP contribution in [0.5, 0.6) is 28.7 Å². The maximum Gasteiger partial charge on any atom is 0.271 e. The van der Waals surface area contributed by atoms with Gasteiger partial charge in [-0.25, -0.2) is 5.43 Å². The second-order valence-electron chi connectivity index (χ2n) is 6.15. The van der Waals surface area contributed by atoms with Crippen molar-refractivity contribution in [2.45, 2.75) is 20.0 Å². The first-order valence-electron chi connectivity index (χ1n) is 8.92. The molecule has 2 rings (SSSR count). The summed E-state index contributed by atoms with van der Waals surface area (Å²) in [6, 6.07) is 8.40. The molecule has 8 heteroatoms. The van der Waals surface area contributed by atoms with Crippen LogP contribution in [0.4, 0.5) is 0 Å². The minimum atomic E-state index is -0.393. The van der Waals surface area contributed by atoms with Gasteiger partial charge in [0.15, 0.2) is 23.0 Å². The van der Waals surface area contributed by atoms with Crippen LogP contribution in [0.2, 0.25) is 0 Å². The molecular formula is C21H26N2O6. The van der Waals surface area contributed by atoms with E-state index in [-0.39, 0.29) is 6.10 Å². The van der Waals surface area contributed by atoms with Crippen LogP contribution in [0.3, 0.4) is 0 Å². The Morgan fingerprint density at radius 1 is 0.897 bits per heavy atom. The molecule has 8 nitrogen and oxygen atoms in total. The zero-order valence-electron chi connectivity index (χ0n) is 17.4. The second-order valence-corrected chi connectivity index (χ2v) is 6.15. The van der Waals surface area contributed by atoms with Crippen molar-refractivity contribution in [1.82, 2.24) is 5.43 Å². The van der Waals surface area contributed by atoms with E-state index >= 15 is 0 Å². The molecule has 2 aromatic rings. The first-order valence-corrected chi connectivity index (χ1v) is 8.92. The molecule has 0 radical (unpaired) electrons. The Balaban J connectivity index is 2.18. The van der Waals surface area contributed by atoms with Gasteiger partial charge in [0.2, 0.25) is 5.75 Å². The van der Waals surface area contributed by atoms with Crippen LogP contribution in [0, 0.1) is 0 Å². The van der Waals surface area contributed by atoms with E-state index in [0.717, 1.165) is 0 Å². The lowest BCUT2D eigenvalue weighted by atomic mass is 10.2. The fraction of sp³-hybridized carbons (Fsp3) is 0.333. The van der Waals surface area contributed by atoms with Crippen molar-refractivity contribution >= 4 is 12.1 Å². The van der Waals surface area contributed by atoms with Crippen molar-refractivity contribution in [3.05, 3.63) is 41.5 Å². The molecule has 0 aliphatic carbocycles. The predicted molar refractivity (Wildman–Crippen MR) is 110 cm³/mol. The predicted octanol–water partition coefficient (Wildman–Crippen LogP) is 3.27. The van der Waals surface area contributed by atoms with E-state index in [4.69, 9.17) is 23.7 Å². The quantitative estimate of drug-likeness (QED) is 0.512. The normalized spacial score (nSPS) is 10.7. The van der Waals surface area contributed by atoms with Crippen molar-refractivity contribution < 1.29 is 28.5 Å². The number of nitrogens with one attached hydrogen (secondary N) is 1. The molecule has 0 spiro atoms. The zero-order chi connectivity index (χ0) is 21.4. The SMILES string of the molecule is COc1cc(C(=O)N/N=C/c2ccc(OC)c(OC)c2OC)ccc1OC(C)C. The maximum absolute atomic E-state index is 12.4. The smallest absolute Gasteiger partial charge is 0.271 e. The Kier molecular flexibility index (Phi) is 7.70. The highest BCUT2D eigenvalue weighted by molar-refractivity contribution is 5.96. The van der Waals surface area contributed by atoms with Crippen LogP contribution in [0.1, 0.15) is 29.8 Å². The van der Waals surface area contributed by atoms with E-state index < -0.39 is 5.91 Å². The third-order valence-corrected chi connectivity index (χ3v) is 3.89. The molecular weight excluding hydrogens is 376 g/mol. The lowest BCUT2D eigenvalue weighted by Crippen LogP contribution is -2.18. The monoisotopic (exact) mass is 402 g/mol. The van der Waals surface area contributed by atoms with Gasteiger partial charge in [0.1, 0.15) is 0 Å². The van der Waals surface area contributed by atoms with Crippen molar-refractivity contribution in [2.75, 3.05) is 28.4 Å². The molecule has 0 unspecified atom stereocenters. The van der Waals surface area contributed by atoms with E-state index in [1.54, 1.807) is 30.3 Å². The van der Waals surface area contributed by atoms with Crippen molar-refractivity contribution in [2.24, 2.45) is 5.10 Å². The van der Waals surface area contributed by atoms with Gasteiger partial charge in [-0.2, -0.15) is 5.10 Å². The summed E-state index contributed by atoms with van der Waals surface area (Å²) in [5, 5.41) is 4.01. The molecule has 0 aromatic heterocycles. The summed E-state index contributed by atoms with van der Waals surface area (Å²) in [6.45, 7) is 3.83. The van der Waals surface area contributed by atoms with Gasteiger partial charge in [-0.3, -0.25) is 4.79 Å². The average molecular weight is 402 g/mol. The van der Waals surface area contributed by atoms with Crippen molar-refractivity contribution in [3.63, 3.8) is 0 Å². The third kappa shape index (κ3) is 5.31. The standard InChI is InChI=1S/C21H26N2O6/c1-13(2)29-16-9-7-14(11-18(16)26-4)21(24)23-22-12-15-8-10-17(25-3)20(28-6)19(15)27-5/h7-13H,1-6H3,(H,23,24)/b22-12+. The number of rotatable bonds is 9. The number of hydrogen-bond donors (Lipinski definition) is 1. The molecule has 0 saturated carbocycles. The van der Waals surface area contributed by atoms with Crippen molar-refractivity contribution in [1.29, 1.82) is 0 Å². The van der Waals surface area contributed by atoms with Crippen LogP contribution in [-0.4, -0.2) is 46.7 Å². The maximum atomic E-state index is 12.4. The fourth-order valence-corrected chi connectivity index (χ4v) is 2.61. The molecule has 0 atom stereocenters. The van der Waals surface area contributed by atoms with Crippen LogP contribution in [0.25, 0.3) is 0 Å². The van der Waals surface area contributed by atoms with E-state index in [1.165, 1.54) is 34.7 Å². The largest absolute Gasteiger partial charge is 0.493 e. The zero-order valence-corrected chi connectivity index (χ0v) is 17.4. The minimum absolute atomic E-state index is 0.00959. The molecule has 1 N–H and O–H groups in total. The highest BCUT2D eigenvalue weighted by Crippen LogP contribution is 2.39. The number of benzene rings is 2. The van der Waals surface area contributed by atoms with Gasteiger partial charge < -0.3 is 23.7 Å². The molecule has 0 heterocycles. The topological polar surface area (TPSA) is 87.6 Å². The number of hydrogen-bond acceptors (Lipinski definition) is 7. The first-order chi connectivity index (χ1) is 13.9. The molecule has 0 fully saturated rings. The summed E-state index contributed by atoms with van der Waals surface area (Å²) in [7, 11) is 6.09. The number of carbonyl (C=O) groups is 1. The second kappa shape index (κ2) is 10.2. The van der Waals surface area contributed by atoms with Gasteiger partial charge in [0, 0.05) is 11.1 Å². The number of hydrazone groups is 1. The molecule has 0 aliphatic rings. The Hall–Kier alpha value is -3.42. The number of amides is 1. The Labute approximate surface area is 170 Å². The van der Waals surface area contributed by atoms with E-state index in [1.807, 2.05) is 13.8 Å². The highest BCUT2D eigenvalue weighted by Gasteiger charge is 2.15. The summed E-state index contributed by atoms with van der Waals surface area (Å²) in [4.78, 5) is 12.4. The summed E-state index contributed by atoms with van der Waals surface area (Å²) in [5.41, 5.74) is 3.48. The summed E-state index contributed by atoms with van der Waals surface area (Å²) in [5.74, 6) is 2.06. The van der Waals surface area contributed by atoms with Gasteiger partial charge in [-0.05, 0) is 44.2 Å². The lowest BCUT2D eigenvalue weighted by Gasteiger charge is -2.14. The summed E-state index contributed by atoms with van der Waals surface area (Å²) < 4.78 is 26.9. The van der Waals surface area contributed by atoms with Gasteiger partial charge in [-0.1, -0.05) is 0 Å². The molecule has 0 saturated heterocycles. The van der Waals surface area contributed by atoms with Crippen LogP contribution in [0.15, 0.2) is 35.4 Å². The number of carbonyl (C=O) groups excluding carboxylic acids is 1. The van der Waals surface area contributed by atoms with Crippen LogP contribution in [-0.2, 0) is 0 Å². The molecule has 1 amide bonds. The average Bonchev–Trinajstić information content (AvgIpc) is 2.72. The molecule has 0 aliphatic heterocycles. The number of methoxy groups -OCH3 is 4. The van der Waals surface area contributed by atoms with Gasteiger partial charge in [0.25, 0.3) is 5.91 Å². The van der Waals surface area contributed by atoms with Gasteiger partial charge in [-0.15, -0.1) is 0 Å². The third-order valence-electron chi connectivity index (χ3n) is 3.89. The summed E-state index contributed by atoms with van der Waals surface area (Å²) in [6.07, 6.45) is 1.45. The molecule has 29 heavy (non-hydrogen) atoms.